The number of hydrogen-bond acceptors (Lipinski definition) is 8. The van der Waals surface area contributed by atoms with Gasteiger partial charge in [-0.15, -0.1) is 0 Å². The van der Waals surface area contributed by atoms with Gasteiger partial charge in [0.15, 0.2) is 29.1 Å². The molecule has 0 saturated carbocycles. The summed E-state index contributed by atoms with van der Waals surface area (Å²) in [5.41, 5.74) is 16.5. The van der Waals surface area contributed by atoms with Crippen LogP contribution >= 0.6 is 0 Å². The lowest BCUT2D eigenvalue weighted by Crippen LogP contribution is -2.16. The summed E-state index contributed by atoms with van der Waals surface area (Å²) < 4.78 is 9.34. The van der Waals surface area contributed by atoms with E-state index in [2.05, 4.69) is 164 Å². The van der Waals surface area contributed by atoms with E-state index in [9.17, 15) is 0 Å². The lowest BCUT2D eigenvalue weighted by Gasteiger charge is -2.27. The largest absolute Gasteiger partial charge is 0.304 e. The van der Waals surface area contributed by atoms with Crippen LogP contribution in [0.4, 0.5) is 0 Å². The van der Waals surface area contributed by atoms with Gasteiger partial charge < -0.3 is 9.13 Å². The van der Waals surface area contributed by atoms with Crippen LogP contribution in [0.5, 0.6) is 0 Å². The van der Waals surface area contributed by atoms with Crippen molar-refractivity contribution in [2.45, 2.75) is 0 Å². The Balaban J connectivity index is 1.17. The zero-order chi connectivity index (χ0) is 53.8. The van der Waals surface area contributed by atoms with Crippen molar-refractivity contribution >= 4 is 87.7 Å². The van der Waals surface area contributed by atoms with Crippen molar-refractivity contribution < 1.29 is 0 Å². The van der Waals surface area contributed by atoms with Crippen LogP contribution in [0, 0.1) is 0 Å². The van der Waals surface area contributed by atoms with E-state index < -0.39 is 0 Å². The Morgan fingerprint density at radius 1 is 0.232 bits per heavy atom. The van der Waals surface area contributed by atoms with Gasteiger partial charge in [-0.05, 0) is 78.4 Å². The first-order valence-corrected chi connectivity index (χ1v) is 27.2. The monoisotopic (exact) mass is 1050 g/mol. The standard InChI is InChI=1S/C70H42N12/c1-3-21-43(22-4-1)66-75-67(44-23-5-2-6-24-44)77-68(76-66)46-26-8-7-25-45(46)59-64(79-51-31-13-9-27-47(51)60-55(79)35-17-39-71-60)69(81-53-33-15-11-29-49(53)62-57(81)37-19-41-73-62)78-70(82-54-34-16-12-30-50(54)63-58(82)38-20-42-74-63)65(59)80-52-32-14-10-28-48(52)61-56(80)36-18-40-72-61/h1-42H. The maximum Gasteiger partial charge on any atom is 0.165 e. The van der Waals surface area contributed by atoms with Crippen molar-refractivity contribution in [3.05, 3.63) is 255 Å². The molecule has 0 aliphatic rings. The first-order valence-electron chi connectivity index (χ1n) is 27.2. The second kappa shape index (κ2) is 18.0. The van der Waals surface area contributed by atoms with Crippen molar-refractivity contribution in [1.82, 2.24) is 58.1 Å². The SMILES string of the molecule is c1ccc(-c2nc(-c3ccccc3)nc(-c3ccccc3-c3c(-n4c5ccccc5c5ncccc54)c(-n4c5ccccc5c5ncccc54)nc(-n4c5ccccc5c5ncccc54)c3-n3c4ccccc4c4ncccc43)n2)cc1. The maximum absolute atomic E-state index is 6.34. The Morgan fingerprint density at radius 3 is 0.939 bits per heavy atom. The molecular weight excluding hydrogens is 1010 g/mol. The van der Waals surface area contributed by atoms with Crippen molar-refractivity contribution in [2.24, 2.45) is 0 Å². The van der Waals surface area contributed by atoms with Gasteiger partial charge in [-0.25, -0.2) is 19.9 Å². The number of hydrogen-bond donors (Lipinski definition) is 0. The van der Waals surface area contributed by atoms with Crippen LogP contribution in [0.15, 0.2) is 255 Å². The van der Waals surface area contributed by atoms with Crippen LogP contribution in [0.3, 0.4) is 0 Å². The van der Waals surface area contributed by atoms with Gasteiger partial charge in [0.2, 0.25) is 0 Å². The normalized spacial score (nSPS) is 11.9. The highest BCUT2D eigenvalue weighted by Gasteiger charge is 2.34. The van der Waals surface area contributed by atoms with Gasteiger partial charge in [-0.3, -0.25) is 29.1 Å². The number of rotatable bonds is 8. The Bertz CT molecular complexity index is 4900. The number of fused-ring (bicyclic) bond motifs is 12. The fourth-order valence-electron chi connectivity index (χ4n) is 12.4. The molecule has 0 atom stereocenters. The van der Waals surface area contributed by atoms with Gasteiger partial charge >= 0.3 is 0 Å². The summed E-state index contributed by atoms with van der Waals surface area (Å²) in [5, 5.41) is 3.96. The minimum Gasteiger partial charge on any atom is -0.304 e. The molecule has 0 amide bonds. The van der Waals surface area contributed by atoms with E-state index in [1.54, 1.807) is 0 Å². The van der Waals surface area contributed by atoms with Gasteiger partial charge in [0.05, 0.1) is 66.2 Å². The highest BCUT2D eigenvalue weighted by atomic mass is 15.2. The molecule has 0 spiro atoms. The van der Waals surface area contributed by atoms with Crippen molar-refractivity contribution in [3.63, 3.8) is 0 Å². The second-order valence-electron chi connectivity index (χ2n) is 20.3. The van der Waals surface area contributed by atoms with Crippen LogP contribution in [0.1, 0.15) is 0 Å². The predicted octanol–water partition coefficient (Wildman–Crippen LogP) is 15.9. The van der Waals surface area contributed by atoms with E-state index in [-0.39, 0.29) is 0 Å². The summed E-state index contributed by atoms with van der Waals surface area (Å²) in [6, 6.07) is 79.5. The van der Waals surface area contributed by atoms with Crippen LogP contribution < -0.4 is 0 Å². The van der Waals surface area contributed by atoms with E-state index in [1.807, 2.05) is 110 Å². The van der Waals surface area contributed by atoms with Crippen LogP contribution in [-0.2, 0) is 0 Å². The molecule has 10 aromatic heterocycles. The van der Waals surface area contributed by atoms with Gasteiger partial charge in [0.25, 0.3) is 0 Å². The van der Waals surface area contributed by atoms with Crippen LogP contribution in [0.2, 0.25) is 0 Å². The number of para-hydroxylation sites is 4. The van der Waals surface area contributed by atoms with E-state index in [0.29, 0.717) is 29.1 Å². The molecule has 0 radical (unpaired) electrons. The molecule has 0 saturated heterocycles. The van der Waals surface area contributed by atoms with Crippen molar-refractivity contribution in [2.75, 3.05) is 0 Å². The Morgan fingerprint density at radius 2 is 0.537 bits per heavy atom. The number of benzene rings is 7. The third-order valence-corrected chi connectivity index (χ3v) is 15.8. The average Bonchev–Trinajstić information content (AvgIpc) is 1.80. The summed E-state index contributed by atoms with van der Waals surface area (Å²) in [6.45, 7) is 0. The molecule has 382 valence electrons. The van der Waals surface area contributed by atoms with Gasteiger partial charge in [-0.2, -0.15) is 0 Å². The lowest BCUT2D eigenvalue weighted by molar-refractivity contribution is 0.959. The van der Waals surface area contributed by atoms with Crippen molar-refractivity contribution in [1.29, 1.82) is 0 Å². The average molecular weight is 1050 g/mol. The fourth-order valence-corrected chi connectivity index (χ4v) is 12.4. The van der Waals surface area contributed by atoms with Gasteiger partial charge in [0, 0.05) is 68.6 Å². The highest BCUT2D eigenvalue weighted by molar-refractivity contribution is 6.14. The third-order valence-electron chi connectivity index (χ3n) is 15.8. The molecule has 7 aromatic carbocycles. The highest BCUT2D eigenvalue weighted by Crippen LogP contribution is 2.50. The minimum atomic E-state index is 0.495. The molecule has 0 N–H and O–H groups in total. The first-order chi connectivity index (χ1) is 40.7. The number of aromatic nitrogens is 12. The Hall–Kier alpha value is -11.5. The summed E-state index contributed by atoms with van der Waals surface area (Å²) in [6.07, 6.45) is 7.48. The molecule has 17 rings (SSSR count). The molecule has 12 nitrogen and oxygen atoms in total. The summed E-state index contributed by atoms with van der Waals surface area (Å²) in [4.78, 5) is 43.1. The van der Waals surface area contributed by atoms with Crippen molar-refractivity contribution in [3.8, 4) is 68.3 Å². The smallest absolute Gasteiger partial charge is 0.165 e. The van der Waals surface area contributed by atoms with E-state index in [0.717, 1.165) is 127 Å². The molecule has 0 aliphatic carbocycles. The lowest BCUT2D eigenvalue weighted by atomic mass is 9.95. The van der Waals surface area contributed by atoms with Gasteiger partial charge in [0.1, 0.15) is 11.4 Å². The fraction of sp³-hybridized carbons (Fsp3) is 0. The molecular formula is C70H42N12. The third kappa shape index (κ3) is 6.72. The Kier molecular flexibility index (Phi) is 10.0. The topological polar surface area (TPSA) is 123 Å². The molecule has 0 unspecified atom stereocenters. The second-order valence-corrected chi connectivity index (χ2v) is 20.3. The zero-order valence-corrected chi connectivity index (χ0v) is 43.6. The molecule has 10 heterocycles. The molecule has 0 aliphatic heterocycles. The van der Waals surface area contributed by atoms with E-state index in [1.165, 1.54) is 0 Å². The summed E-state index contributed by atoms with van der Waals surface area (Å²) in [5.74, 6) is 2.89. The first kappa shape index (κ1) is 45.5. The summed E-state index contributed by atoms with van der Waals surface area (Å²) >= 11 is 0. The molecule has 0 bridgehead atoms. The quantitative estimate of drug-likeness (QED) is 0.147. The van der Waals surface area contributed by atoms with E-state index >= 15 is 0 Å². The minimum absolute atomic E-state index is 0.495. The molecule has 17 aromatic rings. The van der Waals surface area contributed by atoms with Gasteiger partial charge in [-0.1, -0.05) is 158 Å². The molecule has 0 fully saturated rings. The molecule has 82 heavy (non-hydrogen) atoms. The number of pyridine rings is 5. The predicted molar refractivity (Wildman–Crippen MR) is 328 cm³/mol. The zero-order valence-electron chi connectivity index (χ0n) is 43.6. The van der Waals surface area contributed by atoms with E-state index in [4.69, 9.17) is 39.9 Å². The number of nitrogens with zero attached hydrogens (tertiary/aromatic N) is 12. The van der Waals surface area contributed by atoms with Crippen LogP contribution in [-0.4, -0.2) is 58.1 Å². The summed E-state index contributed by atoms with van der Waals surface area (Å²) in [7, 11) is 0. The Labute approximate surface area is 467 Å². The maximum atomic E-state index is 6.34. The van der Waals surface area contributed by atoms with Crippen LogP contribution in [0.25, 0.3) is 156 Å². The molecule has 12 heteroatoms.